The van der Waals surface area contributed by atoms with E-state index in [0.717, 1.165) is 14.2 Å². The van der Waals surface area contributed by atoms with Gasteiger partial charge in [-0.15, -0.1) is 0 Å². The normalized spacial score (nSPS) is 12.8. The van der Waals surface area contributed by atoms with Gasteiger partial charge in [0, 0.05) is 6.16 Å². The molecule has 0 aliphatic rings. The topological polar surface area (TPSA) is 102 Å². The van der Waals surface area contributed by atoms with Crippen molar-refractivity contribution in [2.75, 3.05) is 26.7 Å². The summed E-state index contributed by atoms with van der Waals surface area (Å²) in [6, 6.07) is 0. The molecule has 0 aliphatic heterocycles. The van der Waals surface area contributed by atoms with Crippen LogP contribution in [0.1, 0.15) is 0 Å². The van der Waals surface area contributed by atoms with Gasteiger partial charge in [-0.05, 0) is 6.08 Å². The maximum absolute atomic E-state index is 11.2. The van der Waals surface area contributed by atoms with Gasteiger partial charge in [0.25, 0.3) is 0 Å². The number of carbonyl (C=O) groups excluding carboxylic acids is 2. The van der Waals surface area contributed by atoms with E-state index in [1.54, 1.807) is 0 Å². The van der Waals surface area contributed by atoms with Crippen molar-refractivity contribution in [2.45, 2.75) is 0 Å². The fourth-order valence-electron chi connectivity index (χ4n) is 0.737. The summed E-state index contributed by atoms with van der Waals surface area (Å²) in [7, 11) is 0.105. The first-order valence-electron chi connectivity index (χ1n) is 4.31. The van der Waals surface area contributed by atoms with Gasteiger partial charge in [-0.25, -0.2) is 9.59 Å². The number of aliphatic hydroxyl groups is 1. The van der Waals surface area contributed by atoms with Crippen LogP contribution in [0.4, 0.5) is 4.79 Å². The molecular formula is C8H14NO6P. The molecule has 0 rings (SSSR count). The van der Waals surface area contributed by atoms with Crippen LogP contribution in [0.5, 0.6) is 0 Å². The van der Waals surface area contributed by atoms with Crippen molar-refractivity contribution in [1.82, 2.24) is 5.32 Å². The number of ether oxygens (including phenoxy) is 2. The lowest BCUT2D eigenvalue weighted by Crippen LogP contribution is -2.28. The predicted molar refractivity (Wildman–Crippen MR) is 56.6 cm³/mol. The summed E-state index contributed by atoms with van der Waals surface area (Å²) in [5.41, 5.74) is -0.166. The average Bonchev–Trinajstić information content (AvgIpc) is 2.32. The molecule has 0 bridgehead atoms. The van der Waals surface area contributed by atoms with Crippen LogP contribution in [-0.4, -0.2) is 43.9 Å². The number of hydrogen-bond acceptors (Lipinski definition) is 6. The summed E-state index contributed by atoms with van der Waals surface area (Å²) in [5.74, 6) is -0.780. The molecule has 0 saturated carbocycles. The molecule has 2 N–H and O–H groups in total. The Balaban J connectivity index is 4.59. The lowest BCUT2D eigenvalue weighted by atomic mass is 10.4. The Morgan fingerprint density at radius 3 is 2.44 bits per heavy atom. The monoisotopic (exact) mass is 251 g/mol. The minimum atomic E-state index is -2.18. The van der Waals surface area contributed by atoms with E-state index in [0.29, 0.717) is 0 Å². The zero-order valence-corrected chi connectivity index (χ0v) is 9.98. The van der Waals surface area contributed by atoms with Gasteiger partial charge in [-0.3, -0.25) is 5.32 Å². The first-order chi connectivity index (χ1) is 7.54. The Kier molecular flexibility index (Phi) is 7.24. The van der Waals surface area contributed by atoms with Gasteiger partial charge in [0.2, 0.25) is 0 Å². The largest absolute Gasteiger partial charge is 0.464 e. The lowest BCUT2D eigenvalue weighted by molar-refractivity contribution is -0.136. The Bertz CT molecular complexity index is 314. The van der Waals surface area contributed by atoms with Gasteiger partial charge in [0.05, 0.1) is 20.6 Å². The van der Waals surface area contributed by atoms with Crippen molar-refractivity contribution in [3.8, 4) is 0 Å². The summed E-state index contributed by atoms with van der Waals surface area (Å²) >= 11 is 0. The van der Waals surface area contributed by atoms with Crippen molar-refractivity contribution in [2.24, 2.45) is 0 Å². The number of methoxy groups -OCH3 is 2. The van der Waals surface area contributed by atoms with Gasteiger partial charge < -0.3 is 19.1 Å². The SMILES string of the molecule is COC(=O)N/C(=C/C[PH](=O)CO)C(=O)OC. The highest BCUT2D eigenvalue weighted by atomic mass is 31.1. The number of nitrogens with one attached hydrogen (secondary N) is 1. The van der Waals surface area contributed by atoms with Crippen molar-refractivity contribution in [3.05, 3.63) is 11.8 Å². The third-order valence-corrected chi connectivity index (χ3v) is 2.55. The van der Waals surface area contributed by atoms with E-state index >= 15 is 0 Å². The van der Waals surface area contributed by atoms with Crippen molar-refractivity contribution < 1.29 is 28.7 Å². The van der Waals surface area contributed by atoms with Gasteiger partial charge in [-0.2, -0.15) is 0 Å². The maximum atomic E-state index is 11.2. The molecule has 0 radical (unpaired) electrons. The molecule has 16 heavy (non-hydrogen) atoms. The van der Waals surface area contributed by atoms with Crippen LogP contribution in [0.3, 0.4) is 0 Å². The first-order valence-corrected chi connectivity index (χ1v) is 6.13. The molecule has 0 heterocycles. The number of hydrogen-bond donors (Lipinski definition) is 2. The van der Waals surface area contributed by atoms with Crippen LogP contribution in [0, 0.1) is 0 Å². The molecule has 8 heteroatoms. The van der Waals surface area contributed by atoms with E-state index < -0.39 is 26.2 Å². The molecule has 1 unspecified atom stereocenters. The van der Waals surface area contributed by atoms with Crippen LogP contribution >= 0.6 is 7.80 Å². The van der Waals surface area contributed by atoms with Crippen molar-refractivity contribution in [3.63, 3.8) is 0 Å². The van der Waals surface area contributed by atoms with Crippen molar-refractivity contribution in [1.29, 1.82) is 0 Å². The molecule has 0 aromatic carbocycles. The zero-order chi connectivity index (χ0) is 12.6. The van der Waals surface area contributed by atoms with Crippen LogP contribution in [0.2, 0.25) is 0 Å². The third kappa shape index (κ3) is 5.53. The second-order valence-corrected chi connectivity index (χ2v) is 4.43. The summed E-state index contributed by atoms with van der Waals surface area (Å²) in [6.07, 6.45) is -0.0655. The smallest absolute Gasteiger partial charge is 0.411 e. The fraction of sp³-hybridized carbons (Fsp3) is 0.500. The van der Waals surface area contributed by atoms with E-state index in [-0.39, 0.29) is 11.9 Å². The number of esters is 1. The molecular weight excluding hydrogens is 237 g/mol. The van der Waals surface area contributed by atoms with E-state index in [1.165, 1.54) is 6.08 Å². The Morgan fingerprint density at radius 2 is 2.00 bits per heavy atom. The number of allylic oxidation sites excluding steroid dienone is 1. The molecule has 0 aromatic rings. The molecule has 0 saturated heterocycles. The molecule has 1 atom stereocenters. The number of rotatable bonds is 5. The molecule has 0 aromatic heterocycles. The van der Waals surface area contributed by atoms with E-state index in [9.17, 15) is 14.2 Å². The van der Waals surface area contributed by atoms with Crippen LogP contribution in [0.25, 0.3) is 0 Å². The number of aliphatic hydroxyl groups excluding tert-OH is 1. The molecule has 7 nitrogen and oxygen atoms in total. The first kappa shape index (κ1) is 14.7. The summed E-state index contributed by atoms with van der Waals surface area (Å²) in [4.78, 5) is 22.0. The summed E-state index contributed by atoms with van der Waals surface area (Å²) in [6.45, 7) is 0. The second-order valence-electron chi connectivity index (χ2n) is 2.63. The molecule has 92 valence electrons. The Labute approximate surface area is 93.2 Å². The third-order valence-electron chi connectivity index (χ3n) is 1.54. The van der Waals surface area contributed by atoms with Gasteiger partial charge in [-0.1, -0.05) is 0 Å². The molecule has 0 fully saturated rings. The van der Waals surface area contributed by atoms with Gasteiger partial charge >= 0.3 is 12.1 Å². The van der Waals surface area contributed by atoms with Gasteiger partial charge in [0.15, 0.2) is 0 Å². The number of alkyl carbamates (subject to hydrolysis) is 1. The molecule has 1 amide bonds. The molecule has 0 aliphatic carbocycles. The van der Waals surface area contributed by atoms with E-state index in [4.69, 9.17) is 5.11 Å². The fourth-order valence-corrected chi connectivity index (χ4v) is 1.30. The quantitative estimate of drug-likeness (QED) is 0.402. The van der Waals surface area contributed by atoms with E-state index in [2.05, 4.69) is 14.8 Å². The van der Waals surface area contributed by atoms with Gasteiger partial charge in [0.1, 0.15) is 13.5 Å². The van der Waals surface area contributed by atoms with Crippen LogP contribution < -0.4 is 5.32 Å². The standard InChI is InChI=1S/C8H14NO6P/c1-14-7(11)6(9-8(12)15-2)3-4-16(13)5-10/h3,10,16H,4-5H2,1-2H3,(H,9,12)/b6-3+. The highest BCUT2D eigenvalue weighted by Crippen LogP contribution is 2.18. The Hall–Kier alpha value is -1.33. The zero-order valence-electron chi connectivity index (χ0n) is 8.98. The number of carbonyl (C=O) groups is 2. The van der Waals surface area contributed by atoms with Crippen LogP contribution in [0.15, 0.2) is 11.8 Å². The van der Waals surface area contributed by atoms with E-state index in [1.807, 2.05) is 0 Å². The highest BCUT2D eigenvalue weighted by Gasteiger charge is 2.13. The minimum Gasteiger partial charge on any atom is -0.464 e. The lowest BCUT2D eigenvalue weighted by Gasteiger charge is -2.06. The maximum Gasteiger partial charge on any atom is 0.411 e. The minimum absolute atomic E-state index is 0.00437. The van der Waals surface area contributed by atoms with Crippen LogP contribution in [-0.2, 0) is 18.8 Å². The average molecular weight is 251 g/mol. The predicted octanol–water partition coefficient (Wildman–Crippen LogP) is -0.0912. The highest BCUT2D eigenvalue weighted by molar-refractivity contribution is 7.44. The van der Waals surface area contributed by atoms with Crippen molar-refractivity contribution >= 4 is 19.9 Å². The second kappa shape index (κ2) is 7.90. The molecule has 0 spiro atoms. The Morgan fingerprint density at radius 1 is 1.38 bits per heavy atom. The summed E-state index contributed by atoms with van der Waals surface area (Å²) < 4.78 is 19.7. The number of amides is 1. The summed E-state index contributed by atoms with van der Waals surface area (Å²) in [5, 5.41) is 10.7.